The summed E-state index contributed by atoms with van der Waals surface area (Å²) in [5.74, 6) is 0. The molecule has 1 heterocycles. The summed E-state index contributed by atoms with van der Waals surface area (Å²) in [6.45, 7) is 1.23. The number of aliphatic hydroxyl groups is 1. The van der Waals surface area contributed by atoms with Crippen LogP contribution in [0.15, 0.2) is 53.4 Å². The van der Waals surface area contributed by atoms with E-state index in [4.69, 9.17) is 0 Å². The minimum atomic E-state index is -3.79. The number of benzene rings is 2. The van der Waals surface area contributed by atoms with Gasteiger partial charge in [-0.1, -0.05) is 43.2 Å². The highest BCUT2D eigenvalue weighted by Gasteiger charge is 2.29. The predicted octanol–water partition coefficient (Wildman–Crippen LogP) is 3.16. The van der Waals surface area contributed by atoms with E-state index in [0.717, 1.165) is 37.3 Å². The minimum Gasteiger partial charge on any atom is -0.395 e. The summed E-state index contributed by atoms with van der Waals surface area (Å²) in [6, 6.07) is 13.5. The van der Waals surface area contributed by atoms with Gasteiger partial charge in [0.25, 0.3) is 5.69 Å². The summed E-state index contributed by atoms with van der Waals surface area (Å²) in [4.78, 5) is 12.9. The van der Waals surface area contributed by atoms with Gasteiger partial charge in [0, 0.05) is 32.2 Å². The molecule has 0 aromatic heterocycles. The van der Waals surface area contributed by atoms with Gasteiger partial charge in [0.1, 0.15) is 5.69 Å². The Hall–Kier alpha value is -2.49. The molecule has 0 atom stereocenters. The maximum absolute atomic E-state index is 13.1. The Labute approximate surface area is 176 Å². The first kappa shape index (κ1) is 22.2. The molecule has 1 fully saturated rings. The summed E-state index contributed by atoms with van der Waals surface area (Å²) >= 11 is 0. The van der Waals surface area contributed by atoms with Crippen molar-refractivity contribution in [2.45, 2.75) is 37.1 Å². The van der Waals surface area contributed by atoms with Crippen molar-refractivity contribution in [3.63, 3.8) is 0 Å². The van der Waals surface area contributed by atoms with Gasteiger partial charge in [-0.15, -0.1) is 0 Å². The number of hydrogen-bond donors (Lipinski definition) is 1. The van der Waals surface area contributed by atoms with Crippen molar-refractivity contribution < 1.29 is 18.4 Å². The summed E-state index contributed by atoms with van der Waals surface area (Å²) < 4.78 is 27.5. The van der Waals surface area contributed by atoms with E-state index in [-0.39, 0.29) is 29.4 Å². The molecule has 1 saturated heterocycles. The zero-order chi connectivity index (χ0) is 21.6. The number of nitro benzene ring substituents is 1. The lowest BCUT2D eigenvalue weighted by Gasteiger charge is -2.25. The van der Waals surface area contributed by atoms with E-state index in [2.05, 4.69) is 0 Å². The van der Waals surface area contributed by atoms with Gasteiger partial charge in [-0.3, -0.25) is 10.1 Å². The average molecular weight is 434 g/mol. The molecule has 3 rings (SSSR count). The van der Waals surface area contributed by atoms with Crippen LogP contribution in [-0.2, 0) is 16.6 Å². The lowest BCUT2D eigenvalue weighted by molar-refractivity contribution is -0.384. The molecule has 1 aliphatic heterocycles. The monoisotopic (exact) mass is 433 g/mol. The van der Waals surface area contributed by atoms with Gasteiger partial charge < -0.3 is 10.0 Å². The molecule has 1 aliphatic rings. The Bertz CT molecular complexity index is 958. The second-order valence-electron chi connectivity index (χ2n) is 7.36. The van der Waals surface area contributed by atoms with Crippen LogP contribution in [0.5, 0.6) is 0 Å². The van der Waals surface area contributed by atoms with Crippen molar-refractivity contribution in [1.82, 2.24) is 4.31 Å². The summed E-state index contributed by atoms with van der Waals surface area (Å²) in [7, 11) is -3.79. The van der Waals surface area contributed by atoms with Crippen molar-refractivity contribution in [2.75, 3.05) is 31.1 Å². The molecule has 1 N–H and O–H groups in total. The fraction of sp³-hybridized carbons (Fsp3) is 0.429. The molecule has 30 heavy (non-hydrogen) atoms. The van der Waals surface area contributed by atoms with Crippen LogP contribution < -0.4 is 4.90 Å². The van der Waals surface area contributed by atoms with Gasteiger partial charge in [0.15, 0.2) is 0 Å². The summed E-state index contributed by atoms with van der Waals surface area (Å²) in [5, 5.41) is 21.3. The van der Waals surface area contributed by atoms with Crippen LogP contribution in [0.2, 0.25) is 0 Å². The van der Waals surface area contributed by atoms with Crippen molar-refractivity contribution in [2.24, 2.45) is 0 Å². The summed E-state index contributed by atoms with van der Waals surface area (Å²) in [5.41, 5.74) is 0.935. The Morgan fingerprint density at radius 1 is 1.03 bits per heavy atom. The smallest absolute Gasteiger partial charge is 0.293 e. The maximum Gasteiger partial charge on any atom is 0.293 e. The predicted molar refractivity (Wildman–Crippen MR) is 115 cm³/mol. The standard InChI is InChI=1S/C21H27N3O5S/c25-15-14-22(17-18-8-4-3-5-9-18)20-11-10-19(16-21(20)24(26)27)30(28,29)23-12-6-1-2-7-13-23/h3-5,8-11,16,25H,1-2,6-7,12-15,17H2. The summed E-state index contributed by atoms with van der Waals surface area (Å²) in [6.07, 6.45) is 3.56. The fourth-order valence-corrected chi connectivity index (χ4v) is 5.26. The number of nitro groups is 1. The second-order valence-corrected chi connectivity index (χ2v) is 9.29. The molecule has 8 nitrogen and oxygen atoms in total. The highest BCUT2D eigenvalue weighted by molar-refractivity contribution is 7.89. The van der Waals surface area contributed by atoms with Gasteiger partial charge in [0.05, 0.1) is 16.4 Å². The normalized spacial score (nSPS) is 15.5. The highest BCUT2D eigenvalue weighted by Crippen LogP contribution is 2.33. The quantitative estimate of drug-likeness (QED) is 0.507. The van der Waals surface area contributed by atoms with Crippen LogP contribution in [0.3, 0.4) is 0 Å². The van der Waals surface area contributed by atoms with Crippen LogP contribution in [0.4, 0.5) is 11.4 Å². The van der Waals surface area contributed by atoms with E-state index in [9.17, 15) is 23.6 Å². The topological polar surface area (TPSA) is 104 Å². The largest absolute Gasteiger partial charge is 0.395 e. The molecule has 9 heteroatoms. The van der Waals surface area contributed by atoms with E-state index in [1.54, 1.807) is 4.90 Å². The van der Waals surface area contributed by atoms with Crippen LogP contribution >= 0.6 is 0 Å². The Kier molecular flexibility index (Phi) is 7.41. The molecule has 162 valence electrons. The van der Waals surface area contributed by atoms with Crippen LogP contribution in [0.25, 0.3) is 0 Å². The molecule has 0 aliphatic carbocycles. The SMILES string of the molecule is O=[N+]([O-])c1cc(S(=O)(=O)N2CCCCCC2)ccc1N(CCO)Cc1ccccc1. The molecule has 0 bridgehead atoms. The van der Waals surface area contributed by atoms with Crippen LogP contribution in [0.1, 0.15) is 31.2 Å². The number of nitrogens with zero attached hydrogens (tertiary/aromatic N) is 3. The number of anilines is 1. The lowest BCUT2D eigenvalue weighted by atomic mass is 10.2. The van der Waals surface area contributed by atoms with E-state index in [1.165, 1.54) is 16.4 Å². The third-order valence-corrected chi connectivity index (χ3v) is 7.17. The third kappa shape index (κ3) is 5.16. The molecule has 0 amide bonds. The number of rotatable bonds is 8. The number of hydrogen-bond acceptors (Lipinski definition) is 6. The van der Waals surface area contributed by atoms with Crippen molar-refractivity contribution in [3.8, 4) is 0 Å². The molecular formula is C21H27N3O5S. The molecule has 0 spiro atoms. The second kappa shape index (κ2) is 10.0. The maximum atomic E-state index is 13.1. The fourth-order valence-electron chi connectivity index (χ4n) is 3.72. The zero-order valence-corrected chi connectivity index (χ0v) is 17.6. The third-order valence-electron chi connectivity index (χ3n) is 5.27. The molecule has 2 aromatic rings. The first-order valence-corrected chi connectivity index (χ1v) is 11.6. The molecular weight excluding hydrogens is 406 g/mol. The van der Waals surface area contributed by atoms with Crippen molar-refractivity contribution in [1.29, 1.82) is 0 Å². The highest BCUT2D eigenvalue weighted by atomic mass is 32.2. The van der Waals surface area contributed by atoms with E-state index >= 15 is 0 Å². The first-order valence-electron chi connectivity index (χ1n) is 10.1. The van der Waals surface area contributed by atoms with Gasteiger partial charge in [-0.05, 0) is 30.5 Å². The van der Waals surface area contributed by atoms with Crippen molar-refractivity contribution in [3.05, 3.63) is 64.2 Å². The molecule has 2 aromatic carbocycles. The zero-order valence-electron chi connectivity index (χ0n) is 16.8. The van der Waals surface area contributed by atoms with E-state index in [1.807, 2.05) is 30.3 Å². The van der Waals surface area contributed by atoms with Gasteiger partial charge in [0.2, 0.25) is 10.0 Å². The van der Waals surface area contributed by atoms with E-state index < -0.39 is 14.9 Å². The van der Waals surface area contributed by atoms with Crippen LogP contribution in [0, 0.1) is 10.1 Å². The molecule has 0 radical (unpaired) electrons. The first-order chi connectivity index (χ1) is 14.4. The lowest BCUT2D eigenvalue weighted by Crippen LogP contribution is -2.32. The average Bonchev–Trinajstić information content (AvgIpc) is 3.04. The molecule has 0 saturated carbocycles. The van der Waals surface area contributed by atoms with Gasteiger partial charge in [-0.25, -0.2) is 8.42 Å². The van der Waals surface area contributed by atoms with Gasteiger partial charge >= 0.3 is 0 Å². The van der Waals surface area contributed by atoms with Crippen LogP contribution in [-0.4, -0.2) is 49.0 Å². The van der Waals surface area contributed by atoms with E-state index in [0.29, 0.717) is 19.6 Å². The van der Waals surface area contributed by atoms with Gasteiger partial charge in [-0.2, -0.15) is 4.31 Å². The minimum absolute atomic E-state index is 0.0662. The number of aliphatic hydroxyl groups excluding tert-OH is 1. The Morgan fingerprint density at radius 2 is 1.70 bits per heavy atom. The van der Waals surface area contributed by atoms with Crippen molar-refractivity contribution >= 4 is 21.4 Å². The number of sulfonamides is 1. The Balaban J connectivity index is 1.96. The molecule has 0 unspecified atom stereocenters. The Morgan fingerprint density at radius 3 is 2.30 bits per heavy atom.